The summed E-state index contributed by atoms with van der Waals surface area (Å²) in [7, 11) is 0. The van der Waals surface area contributed by atoms with Gasteiger partial charge in [0.05, 0.1) is 0 Å². The summed E-state index contributed by atoms with van der Waals surface area (Å²) < 4.78 is 5.67. The Morgan fingerprint density at radius 3 is 2.38 bits per heavy atom. The van der Waals surface area contributed by atoms with Crippen LogP contribution in [0, 0.1) is 5.92 Å². The molecule has 3 heteroatoms. The minimum atomic E-state index is -0.979. The topological polar surface area (TPSA) is 46.5 Å². The first-order valence-electron chi connectivity index (χ1n) is 11.0. The van der Waals surface area contributed by atoms with E-state index in [2.05, 4.69) is 74.5 Å². The molecule has 0 atom stereocenters. The minimum Gasteiger partial charge on any atom is -0.482 e. The van der Waals surface area contributed by atoms with Gasteiger partial charge in [-0.2, -0.15) is 0 Å². The molecule has 0 aliphatic carbocycles. The predicted molar refractivity (Wildman–Crippen MR) is 130 cm³/mol. The van der Waals surface area contributed by atoms with E-state index in [1.807, 2.05) is 24.3 Å². The molecule has 0 fully saturated rings. The largest absolute Gasteiger partial charge is 0.482 e. The highest BCUT2D eigenvalue weighted by Gasteiger charge is 2.13. The molecular weight excluding hydrogens is 396 g/mol. The van der Waals surface area contributed by atoms with Gasteiger partial charge in [0.2, 0.25) is 0 Å². The summed E-state index contributed by atoms with van der Waals surface area (Å²) in [5.41, 5.74) is 5.83. The fourth-order valence-electron chi connectivity index (χ4n) is 4.24. The van der Waals surface area contributed by atoms with Crippen LogP contribution in [0.4, 0.5) is 0 Å². The van der Waals surface area contributed by atoms with Crippen LogP contribution in [0.2, 0.25) is 0 Å². The van der Waals surface area contributed by atoms with Crippen molar-refractivity contribution in [3.63, 3.8) is 0 Å². The highest BCUT2D eigenvalue weighted by Crippen LogP contribution is 2.32. The molecule has 0 aliphatic heterocycles. The van der Waals surface area contributed by atoms with Crippen LogP contribution < -0.4 is 4.74 Å². The highest BCUT2D eigenvalue weighted by molar-refractivity contribution is 5.86. The van der Waals surface area contributed by atoms with Gasteiger partial charge in [0.25, 0.3) is 0 Å². The summed E-state index contributed by atoms with van der Waals surface area (Å²) in [6.45, 7) is 4.10. The van der Waals surface area contributed by atoms with Gasteiger partial charge in [0.1, 0.15) is 5.75 Å². The molecule has 0 bridgehead atoms. The zero-order valence-electron chi connectivity index (χ0n) is 18.5. The maximum Gasteiger partial charge on any atom is 0.341 e. The molecule has 4 aromatic rings. The van der Waals surface area contributed by atoms with E-state index >= 15 is 0 Å². The molecule has 32 heavy (non-hydrogen) atoms. The first-order chi connectivity index (χ1) is 15.5. The van der Waals surface area contributed by atoms with Crippen LogP contribution in [0.5, 0.6) is 5.75 Å². The molecule has 4 aromatic carbocycles. The van der Waals surface area contributed by atoms with Crippen molar-refractivity contribution in [3.05, 3.63) is 102 Å². The Morgan fingerprint density at radius 2 is 1.56 bits per heavy atom. The number of carboxylic acids is 1. The Hall–Kier alpha value is -3.59. The maximum absolute atomic E-state index is 11.1. The molecule has 0 aliphatic rings. The van der Waals surface area contributed by atoms with Gasteiger partial charge in [0, 0.05) is 6.42 Å². The number of fused-ring (bicyclic) bond motifs is 1. The summed E-state index contributed by atoms with van der Waals surface area (Å²) in [6, 6.07) is 29.2. The number of carboxylic acid groups (broad SMARTS) is 1. The lowest BCUT2D eigenvalue weighted by molar-refractivity contribution is -0.139. The molecule has 4 rings (SSSR count). The Kier molecular flexibility index (Phi) is 6.55. The number of carbonyl (C=O) groups is 1. The standard InChI is InChI=1S/C29H28O3/c1-20(2)16-22-9-4-6-13-27(22)24-14-15-28(32-19-29(30)31)25(18-24)17-23-11-7-10-21-8-3-5-12-26(21)23/h3-15,18,20H,16-17,19H2,1-2H3,(H,30,31). The van der Waals surface area contributed by atoms with Crippen molar-refractivity contribution in [1.29, 1.82) is 0 Å². The van der Waals surface area contributed by atoms with E-state index in [9.17, 15) is 4.79 Å². The van der Waals surface area contributed by atoms with Crippen LogP contribution in [0.15, 0.2) is 84.9 Å². The molecule has 0 aromatic heterocycles. The fraction of sp³-hybridized carbons (Fsp3) is 0.207. The molecule has 162 valence electrons. The van der Waals surface area contributed by atoms with Crippen LogP contribution in [-0.2, 0) is 17.6 Å². The van der Waals surface area contributed by atoms with Gasteiger partial charge >= 0.3 is 5.97 Å². The normalized spacial score (nSPS) is 11.1. The van der Waals surface area contributed by atoms with E-state index in [4.69, 9.17) is 9.84 Å². The van der Waals surface area contributed by atoms with E-state index in [1.54, 1.807) is 0 Å². The lowest BCUT2D eigenvalue weighted by Crippen LogP contribution is -2.10. The number of benzene rings is 4. The van der Waals surface area contributed by atoms with Crippen LogP contribution in [0.1, 0.15) is 30.5 Å². The minimum absolute atomic E-state index is 0.355. The van der Waals surface area contributed by atoms with Crippen molar-refractivity contribution in [1.82, 2.24) is 0 Å². The summed E-state index contributed by atoms with van der Waals surface area (Å²) in [6.07, 6.45) is 1.67. The smallest absolute Gasteiger partial charge is 0.341 e. The Balaban J connectivity index is 1.78. The monoisotopic (exact) mass is 424 g/mol. The molecule has 0 amide bonds. The zero-order valence-corrected chi connectivity index (χ0v) is 18.5. The number of hydrogen-bond donors (Lipinski definition) is 1. The van der Waals surface area contributed by atoms with Crippen LogP contribution in [0.25, 0.3) is 21.9 Å². The van der Waals surface area contributed by atoms with Gasteiger partial charge in [-0.05, 0) is 63.1 Å². The molecule has 0 saturated carbocycles. The zero-order chi connectivity index (χ0) is 22.5. The number of hydrogen-bond acceptors (Lipinski definition) is 2. The van der Waals surface area contributed by atoms with Crippen molar-refractivity contribution in [2.24, 2.45) is 5.92 Å². The van der Waals surface area contributed by atoms with E-state index in [0.717, 1.165) is 17.5 Å². The molecular formula is C29H28O3. The Morgan fingerprint density at radius 1 is 0.844 bits per heavy atom. The average Bonchev–Trinajstić information content (AvgIpc) is 2.78. The van der Waals surface area contributed by atoms with E-state index in [0.29, 0.717) is 18.1 Å². The Labute approximate surface area is 189 Å². The SMILES string of the molecule is CC(C)Cc1ccccc1-c1ccc(OCC(=O)O)c(Cc2cccc3ccccc23)c1. The highest BCUT2D eigenvalue weighted by atomic mass is 16.5. The molecule has 0 unspecified atom stereocenters. The van der Waals surface area contributed by atoms with E-state index < -0.39 is 5.97 Å². The van der Waals surface area contributed by atoms with E-state index in [-0.39, 0.29) is 6.61 Å². The summed E-state index contributed by atoms with van der Waals surface area (Å²) in [4.78, 5) is 11.1. The molecule has 0 radical (unpaired) electrons. The third kappa shape index (κ3) is 5.00. The number of aliphatic carboxylic acids is 1. The fourth-order valence-corrected chi connectivity index (χ4v) is 4.24. The van der Waals surface area contributed by atoms with Crippen molar-refractivity contribution in [2.75, 3.05) is 6.61 Å². The van der Waals surface area contributed by atoms with Gasteiger partial charge < -0.3 is 9.84 Å². The number of rotatable bonds is 8. The quantitative estimate of drug-likeness (QED) is 0.340. The van der Waals surface area contributed by atoms with Crippen molar-refractivity contribution in [2.45, 2.75) is 26.7 Å². The third-order valence-corrected chi connectivity index (χ3v) is 5.63. The molecule has 1 N–H and O–H groups in total. The lowest BCUT2D eigenvalue weighted by Gasteiger charge is -2.16. The van der Waals surface area contributed by atoms with Crippen molar-refractivity contribution < 1.29 is 14.6 Å². The summed E-state index contributed by atoms with van der Waals surface area (Å²) in [5, 5.41) is 11.5. The Bertz CT molecular complexity index is 1230. The second-order valence-corrected chi connectivity index (χ2v) is 8.58. The van der Waals surface area contributed by atoms with Gasteiger partial charge in [-0.3, -0.25) is 0 Å². The van der Waals surface area contributed by atoms with Crippen LogP contribution in [0.3, 0.4) is 0 Å². The summed E-state index contributed by atoms with van der Waals surface area (Å²) in [5.74, 6) is 0.197. The summed E-state index contributed by atoms with van der Waals surface area (Å²) >= 11 is 0. The third-order valence-electron chi connectivity index (χ3n) is 5.63. The maximum atomic E-state index is 11.1. The lowest BCUT2D eigenvalue weighted by atomic mass is 9.91. The van der Waals surface area contributed by atoms with Gasteiger partial charge in [0.15, 0.2) is 6.61 Å². The number of ether oxygens (including phenoxy) is 1. The van der Waals surface area contributed by atoms with Gasteiger partial charge in [-0.1, -0.05) is 86.6 Å². The van der Waals surface area contributed by atoms with Crippen molar-refractivity contribution in [3.8, 4) is 16.9 Å². The predicted octanol–water partition coefficient (Wildman–Crippen LogP) is 6.76. The molecule has 3 nitrogen and oxygen atoms in total. The van der Waals surface area contributed by atoms with Crippen LogP contribution >= 0.6 is 0 Å². The van der Waals surface area contributed by atoms with E-state index in [1.165, 1.54) is 27.5 Å². The second kappa shape index (κ2) is 9.69. The second-order valence-electron chi connectivity index (χ2n) is 8.58. The molecule has 0 spiro atoms. The van der Waals surface area contributed by atoms with Gasteiger partial charge in [-0.15, -0.1) is 0 Å². The van der Waals surface area contributed by atoms with Crippen LogP contribution in [-0.4, -0.2) is 17.7 Å². The average molecular weight is 425 g/mol. The molecule has 0 saturated heterocycles. The van der Waals surface area contributed by atoms with Gasteiger partial charge in [-0.25, -0.2) is 4.79 Å². The first kappa shape index (κ1) is 21.6. The first-order valence-corrected chi connectivity index (χ1v) is 11.0. The molecule has 0 heterocycles. The van der Waals surface area contributed by atoms with Crippen molar-refractivity contribution >= 4 is 16.7 Å².